The van der Waals surface area contributed by atoms with Crippen molar-refractivity contribution in [2.75, 3.05) is 6.54 Å². The van der Waals surface area contributed by atoms with Crippen LogP contribution in [0.4, 0.5) is 4.79 Å². The first-order chi connectivity index (χ1) is 22.1. The van der Waals surface area contributed by atoms with Crippen LogP contribution in [0.2, 0.25) is 0 Å². The molecule has 2 aromatic rings. The van der Waals surface area contributed by atoms with Crippen molar-refractivity contribution in [3.05, 3.63) is 59.9 Å². The van der Waals surface area contributed by atoms with Crippen LogP contribution in [-0.4, -0.2) is 65.0 Å². The standard InChI is InChI=1S/C34H46N5O7P/c1-19(2)17-26(38-32(44)29(34(4,5)6)39-33(45)46-20(3)24-9-7-8-15-35-24)31(43)37-25(18-22-14-16-36-30(22)42)28(41)27(40)21-10-12-23(47)13-11-21/h7-13,15,19-20,22,25-26,29H,14,16-18,47H2,1-6H3,(H,36,42)(H,37,43)(H,38,44)(H,39,45)/t20?,22?,25?,26?,29-/m1/s1. The third kappa shape index (κ3) is 10.9. The van der Waals surface area contributed by atoms with Gasteiger partial charge in [-0.25, -0.2) is 4.79 Å². The normalized spacial score (nSPS) is 17.1. The Hall–Kier alpha value is -4.18. The molecule has 0 saturated carbocycles. The number of Topliss-reactive ketones (excluding diaryl/α,β-unsaturated/α-hetero) is 2. The lowest BCUT2D eigenvalue weighted by Gasteiger charge is -2.32. The summed E-state index contributed by atoms with van der Waals surface area (Å²) in [6.45, 7) is 11.1. The molecule has 1 fully saturated rings. The van der Waals surface area contributed by atoms with Gasteiger partial charge in [0.05, 0.1) is 11.7 Å². The highest BCUT2D eigenvalue weighted by Gasteiger charge is 2.38. The number of ketones is 2. The average molecular weight is 668 g/mol. The second-order valence-corrected chi connectivity index (χ2v) is 14.0. The predicted molar refractivity (Wildman–Crippen MR) is 180 cm³/mol. The first-order valence-corrected chi connectivity index (χ1v) is 16.3. The van der Waals surface area contributed by atoms with Crippen molar-refractivity contribution < 1.29 is 33.5 Å². The summed E-state index contributed by atoms with van der Waals surface area (Å²) < 4.78 is 5.47. The van der Waals surface area contributed by atoms with Crippen molar-refractivity contribution in [1.82, 2.24) is 26.3 Å². The summed E-state index contributed by atoms with van der Waals surface area (Å²) in [7, 11) is 2.50. The van der Waals surface area contributed by atoms with Crippen LogP contribution in [0, 0.1) is 17.3 Å². The van der Waals surface area contributed by atoms with Crippen LogP contribution >= 0.6 is 9.24 Å². The Morgan fingerprint density at radius 3 is 2.17 bits per heavy atom. The number of carbonyl (C=O) groups is 6. The van der Waals surface area contributed by atoms with Crippen molar-refractivity contribution in [3.8, 4) is 0 Å². The van der Waals surface area contributed by atoms with E-state index in [-0.39, 0.29) is 30.2 Å². The van der Waals surface area contributed by atoms with Crippen LogP contribution in [0.15, 0.2) is 48.7 Å². The molecule has 0 aliphatic carbocycles. The molecule has 0 bridgehead atoms. The Morgan fingerprint density at radius 1 is 0.957 bits per heavy atom. The minimum atomic E-state index is -1.30. The maximum atomic E-state index is 13.8. The number of nitrogens with zero attached hydrogens (tertiary/aromatic N) is 1. The molecule has 1 saturated heterocycles. The number of amides is 4. The Morgan fingerprint density at radius 2 is 1.62 bits per heavy atom. The SMILES string of the molecule is CC(C)CC(NC(=O)[C@@H](NC(=O)OC(C)c1ccccn1)C(C)(C)C)C(=O)NC(CC1CCNC1=O)C(=O)C(=O)c1ccc(P)cc1. The molecule has 12 nitrogen and oxygen atoms in total. The minimum Gasteiger partial charge on any atom is -0.440 e. The molecule has 1 aromatic heterocycles. The molecule has 0 radical (unpaired) electrons. The van der Waals surface area contributed by atoms with Gasteiger partial charge in [0.2, 0.25) is 29.3 Å². The molecular formula is C34H46N5O7P. The second kappa shape index (κ2) is 16.6. The molecule has 1 aliphatic rings. The van der Waals surface area contributed by atoms with Crippen LogP contribution in [0.25, 0.3) is 0 Å². The summed E-state index contributed by atoms with van der Waals surface area (Å²) in [5.74, 6) is -3.85. The van der Waals surface area contributed by atoms with Crippen molar-refractivity contribution in [1.29, 1.82) is 0 Å². The Bertz CT molecular complexity index is 1440. The van der Waals surface area contributed by atoms with E-state index in [2.05, 4.69) is 35.5 Å². The van der Waals surface area contributed by atoms with Crippen LogP contribution in [0.1, 0.15) is 83.0 Å². The fourth-order valence-electron chi connectivity index (χ4n) is 5.22. The molecule has 254 valence electrons. The highest BCUT2D eigenvalue weighted by molar-refractivity contribution is 7.27. The summed E-state index contributed by atoms with van der Waals surface area (Å²) in [4.78, 5) is 83.6. The smallest absolute Gasteiger partial charge is 0.408 e. The quantitative estimate of drug-likeness (QED) is 0.135. The third-order valence-electron chi connectivity index (χ3n) is 7.83. The van der Waals surface area contributed by atoms with Gasteiger partial charge < -0.3 is 26.0 Å². The second-order valence-electron chi connectivity index (χ2n) is 13.3. The molecule has 2 heterocycles. The van der Waals surface area contributed by atoms with Gasteiger partial charge in [-0.15, -0.1) is 9.24 Å². The van der Waals surface area contributed by atoms with Gasteiger partial charge in [0, 0.05) is 24.2 Å². The fraction of sp³-hybridized carbons (Fsp3) is 0.500. The molecular weight excluding hydrogens is 621 g/mol. The maximum Gasteiger partial charge on any atom is 0.408 e. The molecule has 1 aromatic carbocycles. The summed E-state index contributed by atoms with van der Waals surface area (Å²) >= 11 is 0. The van der Waals surface area contributed by atoms with Gasteiger partial charge in [-0.1, -0.05) is 65.0 Å². The summed E-state index contributed by atoms with van der Waals surface area (Å²) in [6.07, 6.45) is 0.641. The number of benzene rings is 1. The van der Waals surface area contributed by atoms with E-state index in [0.29, 0.717) is 18.7 Å². The number of nitrogens with one attached hydrogen (secondary N) is 4. The number of alkyl carbamates (subject to hydrolysis) is 1. The van der Waals surface area contributed by atoms with Gasteiger partial charge in [-0.05, 0) is 55.0 Å². The zero-order valence-corrected chi connectivity index (χ0v) is 28.9. The fourth-order valence-corrected chi connectivity index (χ4v) is 5.41. The monoisotopic (exact) mass is 667 g/mol. The number of carbonyl (C=O) groups excluding carboxylic acids is 6. The highest BCUT2D eigenvalue weighted by Crippen LogP contribution is 2.22. The van der Waals surface area contributed by atoms with Crippen LogP contribution in [0.3, 0.4) is 0 Å². The Labute approximate surface area is 278 Å². The van der Waals surface area contributed by atoms with Gasteiger partial charge in [-0.3, -0.25) is 29.0 Å². The zero-order valence-electron chi connectivity index (χ0n) is 27.8. The molecule has 3 rings (SSSR count). The van der Waals surface area contributed by atoms with E-state index in [1.807, 2.05) is 13.8 Å². The van der Waals surface area contributed by atoms with Crippen LogP contribution < -0.4 is 26.6 Å². The van der Waals surface area contributed by atoms with Crippen molar-refractivity contribution in [3.63, 3.8) is 0 Å². The van der Waals surface area contributed by atoms with E-state index in [1.165, 1.54) is 12.1 Å². The van der Waals surface area contributed by atoms with E-state index in [4.69, 9.17) is 4.74 Å². The van der Waals surface area contributed by atoms with Crippen molar-refractivity contribution in [2.24, 2.45) is 17.3 Å². The van der Waals surface area contributed by atoms with Crippen LogP contribution in [-0.2, 0) is 23.9 Å². The Kier molecular flexibility index (Phi) is 13.2. The molecule has 47 heavy (non-hydrogen) atoms. The van der Waals surface area contributed by atoms with E-state index >= 15 is 0 Å². The lowest BCUT2D eigenvalue weighted by Crippen LogP contribution is -2.59. The summed E-state index contributed by atoms with van der Waals surface area (Å²) in [5.41, 5.74) is -0.0948. The number of ether oxygens (including phenoxy) is 1. The zero-order chi connectivity index (χ0) is 34.9. The first kappa shape index (κ1) is 37.3. The number of hydrogen-bond acceptors (Lipinski definition) is 8. The molecule has 0 spiro atoms. The lowest BCUT2D eigenvalue weighted by atomic mass is 9.86. The topological polar surface area (TPSA) is 173 Å². The van der Waals surface area contributed by atoms with Gasteiger partial charge in [0.1, 0.15) is 18.2 Å². The van der Waals surface area contributed by atoms with Crippen LogP contribution in [0.5, 0.6) is 0 Å². The largest absolute Gasteiger partial charge is 0.440 e. The first-order valence-electron chi connectivity index (χ1n) is 15.8. The van der Waals surface area contributed by atoms with Gasteiger partial charge >= 0.3 is 6.09 Å². The molecule has 13 heteroatoms. The maximum absolute atomic E-state index is 13.8. The number of aromatic nitrogens is 1. The van der Waals surface area contributed by atoms with Gasteiger partial charge in [0.15, 0.2) is 0 Å². The third-order valence-corrected chi connectivity index (χ3v) is 8.22. The molecule has 4 N–H and O–H groups in total. The number of rotatable bonds is 14. The van der Waals surface area contributed by atoms with E-state index in [1.54, 1.807) is 64.2 Å². The van der Waals surface area contributed by atoms with E-state index in [0.717, 1.165) is 5.30 Å². The minimum absolute atomic E-state index is 0.0573. The molecule has 6 atom stereocenters. The number of pyridine rings is 1. The van der Waals surface area contributed by atoms with Gasteiger partial charge in [-0.2, -0.15) is 0 Å². The Balaban J connectivity index is 1.79. The average Bonchev–Trinajstić information content (AvgIpc) is 3.42. The van der Waals surface area contributed by atoms with Crippen molar-refractivity contribution >= 4 is 49.9 Å². The molecule has 4 amide bonds. The molecule has 5 unspecified atom stereocenters. The summed E-state index contributed by atoms with van der Waals surface area (Å²) in [5, 5.41) is 11.6. The lowest BCUT2D eigenvalue weighted by molar-refractivity contribution is -0.133. The molecule has 1 aliphatic heterocycles. The van der Waals surface area contributed by atoms with E-state index < -0.39 is 65.0 Å². The van der Waals surface area contributed by atoms with E-state index in [9.17, 15) is 28.8 Å². The predicted octanol–water partition coefficient (Wildman–Crippen LogP) is 2.78. The summed E-state index contributed by atoms with van der Waals surface area (Å²) in [6, 6.07) is 8.09. The number of hydrogen-bond donors (Lipinski definition) is 4. The van der Waals surface area contributed by atoms with Crippen molar-refractivity contribution in [2.45, 2.75) is 85.0 Å². The highest BCUT2D eigenvalue weighted by atomic mass is 31.0. The van der Waals surface area contributed by atoms with Gasteiger partial charge in [0.25, 0.3) is 0 Å².